The lowest BCUT2D eigenvalue weighted by Crippen LogP contribution is -2.49. The molecule has 18 nitrogen and oxygen atoms in total. The van der Waals surface area contributed by atoms with Crippen molar-refractivity contribution in [3.63, 3.8) is 0 Å². The maximum absolute atomic E-state index is 12.2. The van der Waals surface area contributed by atoms with Crippen molar-refractivity contribution in [1.29, 1.82) is 0 Å². The number of hydrogen-bond donors (Lipinski definition) is 4. The molecule has 6 aromatic heterocycles. The van der Waals surface area contributed by atoms with Crippen LogP contribution in [0.5, 0.6) is 0 Å². The Labute approximate surface area is 463 Å². The summed E-state index contributed by atoms with van der Waals surface area (Å²) in [7, 11) is -3.85. The summed E-state index contributed by atoms with van der Waals surface area (Å²) in [6.07, 6.45) is 10.4. The largest absolute Gasteiger partial charge is 0.395 e. The Kier molecular flexibility index (Phi) is 23.2. The first kappa shape index (κ1) is 62.4. The molecule has 0 spiro atoms. The number of thiazole rings is 6. The van der Waals surface area contributed by atoms with Gasteiger partial charge in [-0.25, -0.2) is 24.9 Å². The minimum Gasteiger partial charge on any atom is -0.395 e. The third kappa shape index (κ3) is 18.3. The van der Waals surface area contributed by atoms with E-state index in [4.69, 9.17) is 38.1 Å². The summed E-state index contributed by atoms with van der Waals surface area (Å²) < 4.78 is 56.6. The molecule has 9 heterocycles. The molecule has 25 heteroatoms. The van der Waals surface area contributed by atoms with E-state index in [0.29, 0.717) is 23.2 Å². The molecule has 412 valence electrons. The Morgan fingerprint density at radius 2 is 1.00 bits per heavy atom. The maximum Gasteiger partial charge on any atom is 0.297 e. The Balaban J connectivity index is 0.000000173. The minimum absolute atomic E-state index is 0.0724. The first-order chi connectivity index (χ1) is 35.4. The molecule has 4 N–H and O–H groups in total. The van der Waals surface area contributed by atoms with Crippen LogP contribution in [-0.2, 0) is 65.2 Å². The first-order valence-electron chi connectivity index (χ1n) is 23.4. The molecule has 0 bridgehead atoms. The van der Waals surface area contributed by atoms with E-state index >= 15 is 0 Å². The molecule has 0 radical (unpaired) electrons. The summed E-state index contributed by atoms with van der Waals surface area (Å²) in [4.78, 5) is 24.6. The van der Waals surface area contributed by atoms with Gasteiger partial charge in [-0.1, -0.05) is 17.7 Å². The molecule has 3 aliphatic heterocycles. The van der Waals surface area contributed by atoms with E-state index in [1.165, 1.54) is 51.2 Å². The molecule has 0 amide bonds. The van der Waals surface area contributed by atoms with Gasteiger partial charge >= 0.3 is 0 Å². The molecule has 75 heavy (non-hydrogen) atoms. The van der Waals surface area contributed by atoms with Crippen molar-refractivity contribution in [1.82, 2.24) is 29.9 Å². The summed E-state index contributed by atoms with van der Waals surface area (Å²) >= 11 is 9.19. The van der Waals surface area contributed by atoms with Crippen molar-refractivity contribution in [3.05, 3.63) is 130 Å². The van der Waals surface area contributed by atoms with Crippen LogP contribution in [-0.4, -0.2) is 136 Å². The molecule has 1 aromatic carbocycles. The summed E-state index contributed by atoms with van der Waals surface area (Å²) in [5.74, 6) is -1.06. The second-order valence-corrected chi connectivity index (χ2v) is 26.4. The topological polar surface area (TPSA) is 248 Å². The third-order valence-electron chi connectivity index (χ3n) is 11.5. The second-order valence-electron chi connectivity index (χ2n) is 19.6. The van der Waals surface area contributed by atoms with Gasteiger partial charge in [0.1, 0.15) is 25.0 Å². The highest BCUT2D eigenvalue weighted by atomic mass is 32.2. The van der Waals surface area contributed by atoms with Gasteiger partial charge in [0.2, 0.25) is 0 Å². The van der Waals surface area contributed by atoms with Crippen molar-refractivity contribution in [3.8, 4) is 0 Å². The zero-order valence-corrected chi connectivity index (χ0v) is 49.2. The monoisotopic (exact) mass is 1170 g/mol. The average molecular weight is 1170 g/mol. The number of hydrogen-bond acceptors (Lipinski definition) is 24. The number of rotatable bonds is 12. The highest BCUT2D eigenvalue weighted by molar-refractivity contribution is 7.86. The van der Waals surface area contributed by atoms with Crippen LogP contribution in [0.25, 0.3) is 0 Å². The number of aromatic nitrogens is 6. The molecule has 3 aliphatic rings. The van der Waals surface area contributed by atoms with Gasteiger partial charge in [-0.2, -0.15) is 8.42 Å². The summed E-state index contributed by atoms with van der Waals surface area (Å²) in [5.41, 5.74) is 0.415. The normalized spacial score (nSPS) is 18.6. The fourth-order valence-electron chi connectivity index (χ4n) is 6.25. The number of benzene rings is 1. The zero-order chi connectivity index (χ0) is 54.9. The molecular formula is C50H68N6O12S7. The van der Waals surface area contributed by atoms with Crippen LogP contribution in [0, 0.1) is 6.92 Å². The minimum atomic E-state index is -3.85. The number of ether oxygens (including phenoxy) is 5. The quantitative estimate of drug-likeness (QED) is 0.0839. The number of aliphatic hydroxyl groups is 4. The van der Waals surface area contributed by atoms with E-state index in [-0.39, 0.29) is 55.4 Å². The highest BCUT2D eigenvalue weighted by Gasteiger charge is 2.42. The first-order valence-corrected chi connectivity index (χ1v) is 30.2. The van der Waals surface area contributed by atoms with Crippen molar-refractivity contribution >= 4 is 78.1 Å². The van der Waals surface area contributed by atoms with Crippen LogP contribution in [0.3, 0.4) is 0 Å². The Morgan fingerprint density at radius 3 is 1.36 bits per heavy atom. The molecule has 10 rings (SSSR count). The fraction of sp³-hybridized carbons (Fsp3) is 0.520. The number of nitrogens with zero attached hydrogens (tertiary/aromatic N) is 6. The Hall–Kier alpha value is -3.45. The van der Waals surface area contributed by atoms with E-state index in [9.17, 15) is 18.6 Å². The fourth-order valence-corrected chi connectivity index (χ4v) is 11.5. The molecule has 0 aliphatic carbocycles. The Morgan fingerprint density at radius 1 is 0.573 bits per heavy atom. The molecule has 3 saturated heterocycles. The van der Waals surface area contributed by atoms with Gasteiger partial charge in [0, 0.05) is 69.5 Å². The van der Waals surface area contributed by atoms with Gasteiger partial charge in [-0.3, -0.25) is 9.17 Å². The SMILES string of the molecule is CC(CO)(CO)c1nccs1.CC1(C)OCC(C)(c2nccs2)CO1.CC1(C)OCC(O)(c2nccs2)CO1.CC1(c2nccs2)COC1.Cc1ccc(S(=O)(=O)OCC(C)(CO)c2nccs2)cc1.c1cscn1. The zero-order valence-electron chi connectivity index (χ0n) is 43.5. The lowest BCUT2D eigenvalue weighted by molar-refractivity contribution is -0.304. The lowest BCUT2D eigenvalue weighted by atomic mass is 9.90. The van der Waals surface area contributed by atoms with Crippen LogP contribution < -0.4 is 0 Å². The molecular weight excluding hydrogens is 1100 g/mol. The van der Waals surface area contributed by atoms with Crippen LogP contribution >= 0.6 is 68.0 Å². The molecule has 1 unspecified atom stereocenters. The maximum atomic E-state index is 12.2. The van der Waals surface area contributed by atoms with Gasteiger partial charge in [0.05, 0.1) is 98.1 Å². The molecule has 7 aromatic rings. The van der Waals surface area contributed by atoms with Crippen molar-refractivity contribution < 1.29 is 56.7 Å². The smallest absolute Gasteiger partial charge is 0.297 e. The van der Waals surface area contributed by atoms with Crippen molar-refractivity contribution in [2.45, 2.75) is 106 Å². The molecule has 3 fully saturated rings. The third-order valence-corrected chi connectivity index (χ3v) is 18.6. The van der Waals surface area contributed by atoms with E-state index in [1.807, 2.05) is 73.9 Å². The Bertz CT molecular complexity index is 2620. The van der Waals surface area contributed by atoms with Crippen molar-refractivity contribution in [2.75, 3.05) is 66.1 Å². The van der Waals surface area contributed by atoms with Gasteiger partial charge in [-0.05, 0) is 74.4 Å². The van der Waals surface area contributed by atoms with Crippen LogP contribution in [0.15, 0.2) is 104 Å². The lowest BCUT2D eigenvalue weighted by Gasteiger charge is -2.40. The summed E-state index contributed by atoms with van der Waals surface area (Å²) in [6, 6.07) is 6.43. The predicted molar refractivity (Wildman–Crippen MR) is 294 cm³/mol. The van der Waals surface area contributed by atoms with Crippen LogP contribution in [0.4, 0.5) is 0 Å². The molecule has 1 atom stereocenters. The van der Waals surface area contributed by atoms with E-state index in [1.54, 1.807) is 95.7 Å². The van der Waals surface area contributed by atoms with Crippen LogP contribution in [0.2, 0.25) is 0 Å². The summed E-state index contributed by atoms with van der Waals surface area (Å²) in [5, 5.41) is 53.4. The highest BCUT2D eigenvalue weighted by Crippen LogP contribution is 2.35. The van der Waals surface area contributed by atoms with Gasteiger partial charge in [0.25, 0.3) is 10.1 Å². The standard InChI is InChI=1S/C14H17NO4S2.C10H15NO2S.C9H13NO3S.C7H11NO2S.C7H9NOS.C3H3NS/c1-11-3-5-12(6-4-11)21(17,18)19-10-14(2,9-16)13-15-7-8-20-13;1-9(2)12-6-10(3,7-13-9)8-11-4-5-14-8;1-8(2)12-5-9(11,6-13-8)7-10-3-4-14-7;1-7(4-9,5-10)6-8-2-3-11-6;1-7(4-9-5-7)6-8-2-3-10-6;1-2-5-3-4-1/h3-8,16H,9-10H2,1-2H3;4-5H,6-7H2,1-3H3;3-4,11H,5-6H2,1-2H3;2-3,9-10H,4-5H2,1H3;2-3H,4-5H2,1H3;1-3H. The van der Waals surface area contributed by atoms with Gasteiger partial charge < -0.3 is 44.1 Å². The summed E-state index contributed by atoms with van der Waals surface area (Å²) in [6.45, 7) is 20.2. The number of aryl methyl sites for hydroxylation is 1. The van der Waals surface area contributed by atoms with Gasteiger partial charge in [0.15, 0.2) is 17.2 Å². The predicted octanol–water partition coefficient (Wildman–Crippen LogP) is 8.36. The van der Waals surface area contributed by atoms with Gasteiger partial charge in [-0.15, -0.1) is 68.0 Å². The van der Waals surface area contributed by atoms with E-state index in [2.05, 4.69) is 43.8 Å². The molecule has 0 saturated carbocycles. The van der Waals surface area contributed by atoms with Crippen molar-refractivity contribution in [2.24, 2.45) is 0 Å². The second kappa shape index (κ2) is 27.9. The van der Waals surface area contributed by atoms with E-state index in [0.717, 1.165) is 28.8 Å². The van der Waals surface area contributed by atoms with E-state index < -0.39 is 38.1 Å². The number of aliphatic hydroxyl groups excluding tert-OH is 3. The van der Waals surface area contributed by atoms with Crippen LogP contribution in [0.1, 0.15) is 86.0 Å². The average Bonchev–Trinajstić information content (AvgIpc) is 4.24.